The summed E-state index contributed by atoms with van der Waals surface area (Å²) in [4.78, 5) is 0. The number of nitrogens with zero attached hydrogens (tertiary/aromatic N) is 1. The van der Waals surface area contributed by atoms with Gasteiger partial charge in [-0.1, -0.05) is 32.7 Å². The van der Waals surface area contributed by atoms with E-state index in [0.717, 1.165) is 33.8 Å². The van der Waals surface area contributed by atoms with E-state index < -0.39 is 0 Å². The van der Waals surface area contributed by atoms with Crippen LogP contribution in [0.4, 0.5) is 0 Å². The van der Waals surface area contributed by atoms with Crippen LogP contribution >= 0.6 is 27.5 Å². The van der Waals surface area contributed by atoms with Crippen molar-refractivity contribution in [2.24, 2.45) is 0 Å². The molecule has 0 bridgehead atoms. The van der Waals surface area contributed by atoms with E-state index in [9.17, 15) is 0 Å². The highest BCUT2D eigenvalue weighted by atomic mass is 79.9. The molecule has 0 amide bonds. The standard InChI is InChI=1S/C11H7BrClNO/c12-5-10-9-4-6-3-7(13)1-2-8(6)11(9)15-14-10/h1-3H,4-5H2. The van der Waals surface area contributed by atoms with Gasteiger partial charge in [0, 0.05) is 27.9 Å². The molecular weight excluding hydrogens is 277 g/mol. The molecule has 3 rings (SSSR count). The predicted molar refractivity (Wildman–Crippen MR) is 62.4 cm³/mol. The highest BCUT2D eigenvalue weighted by molar-refractivity contribution is 9.08. The minimum atomic E-state index is 0.730. The maximum atomic E-state index is 5.95. The third kappa shape index (κ3) is 1.34. The van der Waals surface area contributed by atoms with Gasteiger partial charge >= 0.3 is 0 Å². The summed E-state index contributed by atoms with van der Waals surface area (Å²) in [6.07, 6.45) is 0.871. The molecule has 0 saturated heterocycles. The Morgan fingerprint density at radius 3 is 3.13 bits per heavy atom. The van der Waals surface area contributed by atoms with Gasteiger partial charge < -0.3 is 4.52 Å². The Bertz CT molecular complexity index is 535. The van der Waals surface area contributed by atoms with Crippen LogP contribution in [0.25, 0.3) is 11.3 Å². The predicted octanol–water partition coefficient (Wildman–Crippen LogP) is 3.79. The molecule has 0 saturated carbocycles. The summed E-state index contributed by atoms with van der Waals surface area (Å²) in [5.41, 5.74) is 4.51. The average Bonchev–Trinajstić information content (AvgIpc) is 2.74. The number of alkyl halides is 1. The fourth-order valence-electron chi connectivity index (χ4n) is 1.96. The van der Waals surface area contributed by atoms with Crippen molar-refractivity contribution in [2.75, 3.05) is 0 Å². The Kier molecular flexibility index (Phi) is 2.11. The lowest BCUT2D eigenvalue weighted by Crippen LogP contribution is -1.86. The monoisotopic (exact) mass is 283 g/mol. The largest absolute Gasteiger partial charge is 0.356 e. The van der Waals surface area contributed by atoms with Crippen molar-refractivity contribution in [1.29, 1.82) is 0 Å². The van der Waals surface area contributed by atoms with Gasteiger partial charge in [0.1, 0.15) is 0 Å². The fourth-order valence-corrected chi connectivity index (χ4v) is 2.60. The van der Waals surface area contributed by atoms with Crippen molar-refractivity contribution in [3.8, 4) is 11.3 Å². The molecule has 0 spiro atoms. The molecule has 1 aromatic heterocycles. The Labute approximate surface area is 100 Å². The molecule has 15 heavy (non-hydrogen) atoms. The molecule has 2 nitrogen and oxygen atoms in total. The summed E-state index contributed by atoms with van der Waals surface area (Å²) in [7, 11) is 0. The lowest BCUT2D eigenvalue weighted by molar-refractivity contribution is 0.427. The van der Waals surface area contributed by atoms with Crippen LogP contribution in [0.15, 0.2) is 22.7 Å². The number of hydrogen-bond acceptors (Lipinski definition) is 2. The van der Waals surface area contributed by atoms with Crippen LogP contribution in [-0.4, -0.2) is 5.16 Å². The molecule has 4 heteroatoms. The summed E-state index contributed by atoms with van der Waals surface area (Å²) >= 11 is 9.35. The lowest BCUT2D eigenvalue weighted by Gasteiger charge is -1.98. The second kappa shape index (κ2) is 3.35. The summed E-state index contributed by atoms with van der Waals surface area (Å²) in [6, 6.07) is 5.86. The van der Waals surface area contributed by atoms with Crippen molar-refractivity contribution >= 4 is 27.5 Å². The van der Waals surface area contributed by atoms with Crippen molar-refractivity contribution in [3.63, 3.8) is 0 Å². The van der Waals surface area contributed by atoms with Gasteiger partial charge in [0.15, 0.2) is 5.76 Å². The van der Waals surface area contributed by atoms with Gasteiger partial charge in [0.2, 0.25) is 0 Å². The van der Waals surface area contributed by atoms with Gasteiger partial charge in [-0.3, -0.25) is 0 Å². The van der Waals surface area contributed by atoms with Crippen molar-refractivity contribution in [3.05, 3.63) is 40.0 Å². The molecule has 2 aromatic rings. The summed E-state index contributed by atoms with van der Waals surface area (Å²) < 4.78 is 5.34. The van der Waals surface area contributed by atoms with Crippen LogP contribution < -0.4 is 0 Å². The van der Waals surface area contributed by atoms with E-state index in [0.29, 0.717) is 0 Å². The zero-order chi connectivity index (χ0) is 10.4. The second-order valence-electron chi connectivity index (χ2n) is 3.55. The third-order valence-corrected chi connectivity index (χ3v) is 3.44. The molecule has 1 aliphatic rings. The maximum absolute atomic E-state index is 5.95. The molecule has 0 radical (unpaired) electrons. The number of benzene rings is 1. The molecule has 0 fully saturated rings. The van der Waals surface area contributed by atoms with Gasteiger partial charge in [-0.05, 0) is 23.8 Å². The van der Waals surface area contributed by atoms with E-state index in [1.54, 1.807) is 0 Å². The van der Waals surface area contributed by atoms with E-state index in [2.05, 4.69) is 21.1 Å². The zero-order valence-electron chi connectivity index (χ0n) is 7.76. The molecule has 0 atom stereocenters. The number of rotatable bonds is 1. The summed E-state index contributed by atoms with van der Waals surface area (Å²) in [5.74, 6) is 0.899. The van der Waals surface area contributed by atoms with Crippen molar-refractivity contribution in [2.45, 2.75) is 11.8 Å². The average molecular weight is 285 g/mol. The van der Waals surface area contributed by atoms with Crippen LogP contribution in [0, 0.1) is 0 Å². The number of hydrogen-bond donors (Lipinski definition) is 0. The van der Waals surface area contributed by atoms with Crippen LogP contribution in [0.5, 0.6) is 0 Å². The molecule has 1 aliphatic carbocycles. The smallest absolute Gasteiger partial charge is 0.170 e. The number of aromatic nitrogens is 1. The third-order valence-electron chi connectivity index (χ3n) is 2.68. The van der Waals surface area contributed by atoms with Crippen LogP contribution in [0.3, 0.4) is 0 Å². The van der Waals surface area contributed by atoms with E-state index in [1.165, 1.54) is 11.1 Å². The maximum Gasteiger partial charge on any atom is 0.170 e. The normalized spacial score (nSPS) is 12.7. The Hall–Kier alpha value is -0.800. The summed E-state index contributed by atoms with van der Waals surface area (Å²) in [6.45, 7) is 0. The summed E-state index contributed by atoms with van der Waals surface area (Å²) in [5, 5.41) is 5.52. The van der Waals surface area contributed by atoms with Gasteiger partial charge in [0.25, 0.3) is 0 Å². The quantitative estimate of drug-likeness (QED) is 0.635. The van der Waals surface area contributed by atoms with Crippen LogP contribution in [0.1, 0.15) is 16.8 Å². The van der Waals surface area contributed by atoms with Gasteiger partial charge in [-0.15, -0.1) is 0 Å². The van der Waals surface area contributed by atoms with Crippen LogP contribution in [0.2, 0.25) is 5.02 Å². The highest BCUT2D eigenvalue weighted by Gasteiger charge is 2.26. The minimum Gasteiger partial charge on any atom is -0.356 e. The first kappa shape index (κ1) is 9.43. The number of fused-ring (bicyclic) bond motifs is 3. The molecule has 0 N–H and O–H groups in total. The van der Waals surface area contributed by atoms with E-state index in [1.807, 2.05) is 18.2 Å². The SMILES string of the molecule is Clc1ccc2c(c1)Cc1c(CBr)noc1-2. The Balaban J connectivity index is 2.20. The highest BCUT2D eigenvalue weighted by Crippen LogP contribution is 2.39. The van der Waals surface area contributed by atoms with E-state index in [4.69, 9.17) is 16.1 Å². The minimum absolute atomic E-state index is 0.730. The number of halogens is 2. The fraction of sp³-hybridized carbons (Fsp3) is 0.182. The van der Waals surface area contributed by atoms with Crippen LogP contribution in [-0.2, 0) is 11.8 Å². The topological polar surface area (TPSA) is 26.0 Å². The second-order valence-corrected chi connectivity index (χ2v) is 4.55. The molecule has 76 valence electrons. The van der Waals surface area contributed by atoms with Crippen molar-refractivity contribution < 1.29 is 4.52 Å². The zero-order valence-corrected chi connectivity index (χ0v) is 10.1. The van der Waals surface area contributed by atoms with Gasteiger partial charge in [0.05, 0.1) is 5.69 Å². The molecule has 0 aliphatic heterocycles. The molecular formula is C11H7BrClNO. The molecule has 0 unspecified atom stereocenters. The van der Waals surface area contributed by atoms with E-state index in [-0.39, 0.29) is 0 Å². The first-order chi connectivity index (χ1) is 7.29. The Morgan fingerprint density at radius 2 is 2.33 bits per heavy atom. The van der Waals surface area contributed by atoms with E-state index >= 15 is 0 Å². The first-order valence-corrected chi connectivity index (χ1v) is 6.11. The molecule has 1 aromatic carbocycles. The first-order valence-electron chi connectivity index (χ1n) is 4.62. The lowest BCUT2D eigenvalue weighted by atomic mass is 10.1. The van der Waals surface area contributed by atoms with Gasteiger partial charge in [-0.2, -0.15) is 0 Å². The van der Waals surface area contributed by atoms with Crippen molar-refractivity contribution in [1.82, 2.24) is 5.16 Å². The van der Waals surface area contributed by atoms with Gasteiger partial charge in [-0.25, -0.2) is 0 Å². The Morgan fingerprint density at radius 1 is 1.47 bits per heavy atom. The molecule has 1 heterocycles.